The molecule has 166 valence electrons. The second kappa shape index (κ2) is 8.13. The molecule has 0 saturated carbocycles. The zero-order valence-electron chi connectivity index (χ0n) is 18.7. The van der Waals surface area contributed by atoms with E-state index in [0.717, 1.165) is 45.3 Å². The van der Waals surface area contributed by atoms with Crippen molar-refractivity contribution in [3.63, 3.8) is 0 Å². The zero-order chi connectivity index (χ0) is 23.1. The predicted molar refractivity (Wildman–Crippen MR) is 131 cm³/mol. The van der Waals surface area contributed by atoms with Crippen molar-refractivity contribution in [3.05, 3.63) is 73.1 Å². The summed E-state index contributed by atoms with van der Waals surface area (Å²) in [6.07, 6.45) is 10.9. The molecule has 9 heteroatoms. The molecule has 0 radical (unpaired) electrons. The molecule has 6 rings (SSSR count). The lowest BCUT2D eigenvalue weighted by Gasteiger charge is -2.10. The van der Waals surface area contributed by atoms with Gasteiger partial charge >= 0.3 is 0 Å². The Balaban J connectivity index is 1.45. The second-order valence-corrected chi connectivity index (χ2v) is 8.39. The number of H-pyrrole nitrogens is 2. The molecule has 0 aliphatic heterocycles. The summed E-state index contributed by atoms with van der Waals surface area (Å²) in [5.74, 6) is 0.628. The summed E-state index contributed by atoms with van der Waals surface area (Å²) in [6.45, 7) is 0.818. The van der Waals surface area contributed by atoms with E-state index >= 15 is 0 Å². The Kier molecular flexibility index (Phi) is 4.81. The van der Waals surface area contributed by atoms with Crippen molar-refractivity contribution in [3.8, 4) is 33.8 Å². The van der Waals surface area contributed by atoms with Gasteiger partial charge in [0.05, 0.1) is 5.39 Å². The van der Waals surface area contributed by atoms with Gasteiger partial charge in [0.1, 0.15) is 11.2 Å². The van der Waals surface area contributed by atoms with Crippen molar-refractivity contribution < 1.29 is 0 Å². The van der Waals surface area contributed by atoms with E-state index < -0.39 is 0 Å². The molecule has 6 aromatic heterocycles. The van der Waals surface area contributed by atoms with E-state index in [1.54, 1.807) is 12.4 Å². The van der Waals surface area contributed by atoms with Gasteiger partial charge in [-0.25, -0.2) is 15.0 Å². The fourth-order valence-corrected chi connectivity index (χ4v) is 4.12. The third kappa shape index (κ3) is 3.57. The Bertz CT molecular complexity index is 1620. The molecule has 0 amide bonds. The average molecular weight is 448 g/mol. The first kappa shape index (κ1) is 20.1. The molecule has 0 spiro atoms. The lowest BCUT2D eigenvalue weighted by molar-refractivity contribution is 0.402. The summed E-state index contributed by atoms with van der Waals surface area (Å²) in [4.78, 5) is 28.0. The topological polar surface area (TPSA) is 112 Å². The number of rotatable bonds is 5. The molecule has 2 N–H and O–H groups in total. The molecule has 0 fully saturated rings. The third-order valence-electron chi connectivity index (χ3n) is 5.62. The number of pyridine rings is 4. The SMILES string of the molecule is CN(C)Cc1cncc(-c2cnc3[nH]nc(-c4nc5c(-c6cccnc6)ccnc5[nH]4)c3c2)c1. The van der Waals surface area contributed by atoms with Crippen molar-refractivity contribution >= 4 is 22.2 Å². The molecule has 0 atom stereocenters. The van der Waals surface area contributed by atoms with Crippen LogP contribution < -0.4 is 0 Å². The van der Waals surface area contributed by atoms with Gasteiger partial charge in [0.2, 0.25) is 0 Å². The molecule has 0 aromatic carbocycles. The fraction of sp³-hybridized carbons (Fsp3) is 0.120. The van der Waals surface area contributed by atoms with Crippen LogP contribution in [0.3, 0.4) is 0 Å². The van der Waals surface area contributed by atoms with Crippen LogP contribution >= 0.6 is 0 Å². The Hall–Kier alpha value is -4.50. The highest BCUT2D eigenvalue weighted by Crippen LogP contribution is 2.31. The molecule has 0 unspecified atom stereocenters. The Morgan fingerprint density at radius 3 is 2.59 bits per heavy atom. The molecule has 0 saturated heterocycles. The van der Waals surface area contributed by atoms with E-state index in [1.165, 1.54) is 0 Å². The predicted octanol–water partition coefficient (Wildman–Crippen LogP) is 4.08. The van der Waals surface area contributed by atoms with Gasteiger partial charge in [-0.3, -0.25) is 15.1 Å². The van der Waals surface area contributed by atoms with Gasteiger partial charge in [0, 0.05) is 66.0 Å². The number of nitrogens with one attached hydrogen (secondary N) is 2. The number of imidazole rings is 1. The van der Waals surface area contributed by atoms with E-state index in [0.29, 0.717) is 22.8 Å². The Morgan fingerprint density at radius 1 is 0.853 bits per heavy atom. The van der Waals surface area contributed by atoms with Crippen molar-refractivity contribution in [2.24, 2.45) is 0 Å². The summed E-state index contributed by atoms with van der Waals surface area (Å²) < 4.78 is 0. The van der Waals surface area contributed by atoms with Crippen LogP contribution in [0.4, 0.5) is 0 Å². The lowest BCUT2D eigenvalue weighted by Crippen LogP contribution is -2.10. The van der Waals surface area contributed by atoms with Crippen molar-refractivity contribution in [1.29, 1.82) is 0 Å². The van der Waals surface area contributed by atoms with Crippen molar-refractivity contribution in [2.45, 2.75) is 6.54 Å². The molecule has 34 heavy (non-hydrogen) atoms. The van der Waals surface area contributed by atoms with Gasteiger partial charge < -0.3 is 9.88 Å². The monoisotopic (exact) mass is 447 g/mol. The van der Waals surface area contributed by atoms with Gasteiger partial charge in [0.15, 0.2) is 17.1 Å². The number of aromatic nitrogens is 8. The van der Waals surface area contributed by atoms with Gasteiger partial charge in [-0.05, 0) is 43.9 Å². The average Bonchev–Trinajstić information content (AvgIpc) is 3.48. The van der Waals surface area contributed by atoms with E-state index in [2.05, 4.69) is 52.1 Å². The van der Waals surface area contributed by atoms with Crippen LogP contribution in [-0.4, -0.2) is 59.1 Å². The molecule has 0 aliphatic rings. The quantitative estimate of drug-likeness (QED) is 0.409. The summed E-state index contributed by atoms with van der Waals surface area (Å²) in [5, 5.41) is 8.40. The maximum Gasteiger partial charge on any atom is 0.161 e. The number of fused-ring (bicyclic) bond motifs is 2. The summed E-state index contributed by atoms with van der Waals surface area (Å²) in [6, 6.07) is 10.1. The maximum atomic E-state index is 4.86. The standard InChI is InChI=1S/C25H21N9/c1-34(2)14-15-8-17(12-27-10-15)18-9-20-22(32-33-23(20)29-13-18)25-30-21-19(5-7-28-24(21)31-25)16-4-3-6-26-11-16/h3-13H,14H2,1-2H3,(H,28,30,31)(H,29,32,33). The van der Waals surface area contributed by atoms with Crippen LogP contribution in [0, 0.1) is 0 Å². The van der Waals surface area contributed by atoms with Crippen molar-refractivity contribution in [2.75, 3.05) is 14.1 Å². The molecule has 6 aromatic rings. The highest BCUT2D eigenvalue weighted by molar-refractivity contribution is 5.95. The molecule has 6 heterocycles. The number of hydrogen-bond acceptors (Lipinski definition) is 7. The minimum atomic E-state index is 0.628. The first-order chi connectivity index (χ1) is 16.7. The van der Waals surface area contributed by atoms with Crippen molar-refractivity contribution in [1.82, 2.24) is 45.0 Å². The second-order valence-electron chi connectivity index (χ2n) is 8.39. The summed E-state index contributed by atoms with van der Waals surface area (Å²) >= 11 is 0. The normalized spacial score (nSPS) is 11.6. The van der Waals surface area contributed by atoms with Crippen LogP contribution in [0.25, 0.3) is 56.0 Å². The van der Waals surface area contributed by atoms with Crippen LogP contribution in [0.15, 0.2) is 67.5 Å². The number of hydrogen-bond donors (Lipinski definition) is 2. The molecule has 0 bridgehead atoms. The van der Waals surface area contributed by atoms with Crippen LogP contribution in [0.1, 0.15) is 5.56 Å². The van der Waals surface area contributed by atoms with Crippen LogP contribution in [-0.2, 0) is 6.54 Å². The molecule has 9 nitrogen and oxygen atoms in total. The molecular weight excluding hydrogens is 426 g/mol. The van der Waals surface area contributed by atoms with Crippen LogP contribution in [0.5, 0.6) is 0 Å². The van der Waals surface area contributed by atoms with E-state index in [1.807, 2.05) is 57.1 Å². The van der Waals surface area contributed by atoms with Crippen LogP contribution in [0.2, 0.25) is 0 Å². The Labute approximate surface area is 195 Å². The molecule has 0 aliphatic carbocycles. The highest BCUT2D eigenvalue weighted by Gasteiger charge is 2.17. The number of aromatic amines is 2. The summed E-state index contributed by atoms with van der Waals surface area (Å²) in [7, 11) is 4.08. The van der Waals surface area contributed by atoms with E-state index in [-0.39, 0.29) is 0 Å². The minimum Gasteiger partial charge on any atom is -0.321 e. The third-order valence-corrected chi connectivity index (χ3v) is 5.62. The van der Waals surface area contributed by atoms with Gasteiger partial charge in [-0.2, -0.15) is 5.10 Å². The lowest BCUT2D eigenvalue weighted by atomic mass is 10.1. The van der Waals surface area contributed by atoms with Gasteiger partial charge in [0.25, 0.3) is 0 Å². The first-order valence-corrected chi connectivity index (χ1v) is 10.8. The Morgan fingerprint density at radius 2 is 1.74 bits per heavy atom. The van der Waals surface area contributed by atoms with Gasteiger partial charge in [-0.1, -0.05) is 6.07 Å². The number of nitrogens with zero attached hydrogens (tertiary/aromatic N) is 7. The minimum absolute atomic E-state index is 0.628. The maximum absolute atomic E-state index is 4.86. The zero-order valence-corrected chi connectivity index (χ0v) is 18.7. The van der Waals surface area contributed by atoms with E-state index in [4.69, 9.17) is 4.98 Å². The molecular formula is C25H21N9. The smallest absolute Gasteiger partial charge is 0.161 e. The fourth-order valence-electron chi connectivity index (χ4n) is 4.12. The largest absolute Gasteiger partial charge is 0.321 e. The summed E-state index contributed by atoms with van der Waals surface area (Å²) in [5.41, 5.74) is 7.90. The van der Waals surface area contributed by atoms with E-state index in [9.17, 15) is 0 Å². The van der Waals surface area contributed by atoms with Gasteiger partial charge in [-0.15, -0.1) is 0 Å². The first-order valence-electron chi connectivity index (χ1n) is 10.8. The highest BCUT2D eigenvalue weighted by atomic mass is 15.2.